The number of hydrogen-bond donors (Lipinski definition) is 0. The van der Waals surface area contributed by atoms with E-state index in [1.807, 2.05) is 6.07 Å². The molecule has 0 aliphatic heterocycles. The number of ether oxygens (including phenoxy) is 1. The van der Waals surface area contributed by atoms with Crippen LogP contribution in [0.3, 0.4) is 0 Å². The van der Waals surface area contributed by atoms with Gasteiger partial charge in [-0.05, 0) is 30.2 Å². The first kappa shape index (κ1) is 11.1. The molecule has 0 N–H and O–H groups in total. The highest BCUT2D eigenvalue weighted by Crippen LogP contribution is 2.09. The number of carbonyl (C=O) groups is 1. The lowest BCUT2D eigenvalue weighted by Crippen LogP contribution is -2.18. The zero-order chi connectivity index (χ0) is 10.4. The van der Waals surface area contributed by atoms with E-state index < -0.39 is 17.1 Å². The van der Waals surface area contributed by atoms with Crippen molar-refractivity contribution in [2.24, 2.45) is 0 Å². The smallest absolute Gasteiger partial charge is 0.356 e. The molecule has 1 atom stereocenters. The van der Waals surface area contributed by atoms with Crippen molar-refractivity contribution in [3.8, 4) is 0 Å². The molecule has 1 rings (SSSR count). The largest absolute Gasteiger partial charge is 0.611 e. The molecule has 0 fully saturated rings. The Bertz CT molecular complexity index is 287. The molecule has 0 heterocycles. The summed E-state index contributed by atoms with van der Waals surface area (Å²) in [6.07, 6.45) is 0. The molecule has 3 nitrogen and oxygen atoms in total. The van der Waals surface area contributed by atoms with Crippen LogP contribution in [0.2, 0.25) is 0 Å². The Morgan fingerprint density at radius 3 is 2.64 bits per heavy atom. The normalized spacial score (nSPS) is 12.1. The van der Waals surface area contributed by atoms with Crippen LogP contribution in [-0.2, 0) is 20.7 Å². The van der Waals surface area contributed by atoms with Crippen molar-refractivity contribution in [2.75, 3.05) is 12.4 Å². The minimum absolute atomic E-state index is 0.0716. The molecule has 0 spiro atoms. The topological polar surface area (TPSA) is 49.4 Å². The number of esters is 1. The minimum atomic E-state index is -1.29. The van der Waals surface area contributed by atoms with Crippen LogP contribution < -0.4 is 0 Å². The first-order valence-corrected chi connectivity index (χ1v) is 5.65. The molecular formula is C10H12O3S. The van der Waals surface area contributed by atoms with Crippen molar-refractivity contribution in [3.05, 3.63) is 30.3 Å². The van der Waals surface area contributed by atoms with Crippen molar-refractivity contribution in [3.63, 3.8) is 0 Å². The average molecular weight is 212 g/mol. The zero-order valence-corrected chi connectivity index (χ0v) is 8.75. The van der Waals surface area contributed by atoms with Gasteiger partial charge in [0, 0.05) is 0 Å². The van der Waals surface area contributed by atoms with Crippen molar-refractivity contribution < 1.29 is 14.1 Å². The number of hydrogen-bond acceptors (Lipinski definition) is 3. The molecule has 0 aromatic heterocycles. The van der Waals surface area contributed by atoms with E-state index in [-0.39, 0.29) is 5.75 Å². The van der Waals surface area contributed by atoms with E-state index in [1.165, 1.54) is 0 Å². The molecule has 0 aliphatic rings. The van der Waals surface area contributed by atoms with Gasteiger partial charge in [-0.15, -0.1) is 0 Å². The summed E-state index contributed by atoms with van der Waals surface area (Å²) in [6.45, 7) is 2.05. The summed E-state index contributed by atoms with van der Waals surface area (Å²) in [6, 6.07) is 8.88. The van der Waals surface area contributed by atoms with E-state index in [9.17, 15) is 9.35 Å². The fourth-order valence-electron chi connectivity index (χ4n) is 0.965. The molecule has 4 heteroatoms. The first-order valence-electron chi connectivity index (χ1n) is 4.33. The molecule has 76 valence electrons. The summed E-state index contributed by atoms with van der Waals surface area (Å²) in [7, 11) is 0. The van der Waals surface area contributed by atoms with Gasteiger partial charge in [0.05, 0.1) is 6.61 Å². The van der Waals surface area contributed by atoms with Crippen molar-refractivity contribution >= 4 is 17.1 Å². The van der Waals surface area contributed by atoms with Gasteiger partial charge < -0.3 is 9.29 Å². The Morgan fingerprint density at radius 1 is 1.43 bits per heavy atom. The Morgan fingerprint density at radius 2 is 2.07 bits per heavy atom. The maximum Gasteiger partial charge on any atom is 0.356 e. The quantitative estimate of drug-likeness (QED) is 0.559. The lowest BCUT2D eigenvalue weighted by molar-refractivity contribution is -0.139. The van der Waals surface area contributed by atoms with Gasteiger partial charge in [-0.25, -0.2) is 4.79 Å². The summed E-state index contributed by atoms with van der Waals surface area (Å²) in [5.74, 6) is -0.493. The van der Waals surface area contributed by atoms with Gasteiger partial charge in [0.25, 0.3) is 0 Å². The highest BCUT2D eigenvalue weighted by atomic mass is 32.2. The molecule has 0 saturated heterocycles. The van der Waals surface area contributed by atoms with E-state index in [2.05, 4.69) is 0 Å². The van der Waals surface area contributed by atoms with Crippen LogP contribution in [-0.4, -0.2) is 22.9 Å². The van der Waals surface area contributed by atoms with Gasteiger partial charge in [-0.2, -0.15) is 0 Å². The Kier molecular flexibility index (Phi) is 4.49. The SMILES string of the molecule is CCOC(=O)C[S@@+]([O-])c1ccccc1. The fraction of sp³-hybridized carbons (Fsp3) is 0.300. The standard InChI is InChI=1S/C10H12O3S/c1-2-13-10(11)8-14(12)9-6-4-3-5-7-9/h3-7H,2,8H2,1H3/t14-/m1/s1. The van der Waals surface area contributed by atoms with Crippen LogP contribution in [0.25, 0.3) is 0 Å². The molecule has 14 heavy (non-hydrogen) atoms. The molecular weight excluding hydrogens is 200 g/mol. The predicted octanol–water partition coefficient (Wildman–Crippen LogP) is 1.36. The molecule has 1 aromatic rings. The molecule has 0 aliphatic carbocycles. The number of carbonyl (C=O) groups excluding carboxylic acids is 1. The van der Waals surface area contributed by atoms with Crippen molar-refractivity contribution in [1.29, 1.82) is 0 Å². The number of benzene rings is 1. The maximum absolute atomic E-state index is 11.5. The highest BCUT2D eigenvalue weighted by Gasteiger charge is 2.16. The second-order valence-corrected chi connectivity index (χ2v) is 4.06. The molecule has 0 saturated carbocycles. The van der Waals surface area contributed by atoms with Crippen LogP contribution in [0.15, 0.2) is 35.2 Å². The van der Waals surface area contributed by atoms with Crippen LogP contribution >= 0.6 is 0 Å². The predicted molar refractivity (Wildman–Crippen MR) is 54.4 cm³/mol. The van der Waals surface area contributed by atoms with Gasteiger partial charge in [-0.1, -0.05) is 18.2 Å². The van der Waals surface area contributed by atoms with Crippen LogP contribution in [0.5, 0.6) is 0 Å². The Balaban J connectivity index is 2.50. The third-order valence-corrected chi connectivity index (χ3v) is 2.86. The first-order chi connectivity index (χ1) is 6.74. The maximum atomic E-state index is 11.5. The fourth-order valence-corrected chi connectivity index (χ4v) is 1.89. The van der Waals surface area contributed by atoms with Crippen molar-refractivity contribution in [2.45, 2.75) is 11.8 Å². The summed E-state index contributed by atoms with van der Waals surface area (Å²) >= 11 is -1.29. The Labute approximate surface area is 86.3 Å². The van der Waals surface area contributed by atoms with E-state index in [1.54, 1.807) is 31.2 Å². The molecule has 0 bridgehead atoms. The monoisotopic (exact) mass is 212 g/mol. The summed E-state index contributed by atoms with van der Waals surface area (Å²) in [5, 5.41) is 0. The lowest BCUT2D eigenvalue weighted by atomic mass is 10.4. The van der Waals surface area contributed by atoms with Gasteiger partial charge >= 0.3 is 5.97 Å². The second kappa shape index (κ2) is 5.67. The van der Waals surface area contributed by atoms with Gasteiger partial charge in [0.1, 0.15) is 0 Å². The summed E-state index contributed by atoms with van der Waals surface area (Å²) in [5.41, 5.74) is 0. The lowest BCUT2D eigenvalue weighted by Gasteiger charge is -2.08. The van der Waals surface area contributed by atoms with Crippen LogP contribution in [0, 0.1) is 0 Å². The van der Waals surface area contributed by atoms with E-state index >= 15 is 0 Å². The van der Waals surface area contributed by atoms with Crippen LogP contribution in [0.4, 0.5) is 0 Å². The average Bonchev–Trinajstić information content (AvgIpc) is 2.19. The molecule has 1 aromatic carbocycles. The molecule has 0 radical (unpaired) electrons. The second-order valence-electron chi connectivity index (χ2n) is 2.61. The van der Waals surface area contributed by atoms with Gasteiger partial charge in [0.15, 0.2) is 4.90 Å². The van der Waals surface area contributed by atoms with Gasteiger partial charge in [-0.3, -0.25) is 0 Å². The Hall–Kier alpha value is -1.00. The summed E-state index contributed by atoms with van der Waals surface area (Å²) in [4.78, 5) is 11.7. The molecule has 0 amide bonds. The highest BCUT2D eigenvalue weighted by molar-refractivity contribution is 7.92. The van der Waals surface area contributed by atoms with E-state index in [0.717, 1.165) is 0 Å². The minimum Gasteiger partial charge on any atom is -0.611 e. The van der Waals surface area contributed by atoms with Crippen LogP contribution in [0.1, 0.15) is 6.92 Å². The van der Waals surface area contributed by atoms with Crippen molar-refractivity contribution in [1.82, 2.24) is 0 Å². The van der Waals surface area contributed by atoms with E-state index in [4.69, 9.17) is 4.74 Å². The summed E-state index contributed by atoms with van der Waals surface area (Å²) < 4.78 is 16.2. The zero-order valence-electron chi connectivity index (χ0n) is 7.93. The molecule has 0 unspecified atom stereocenters. The van der Waals surface area contributed by atoms with E-state index in [0.29, 0.717) is 11.5 Å². The third kappa shape index (κ3) is 3.40. The number of rotatable bonds is 4. The third-order valence-electron chi connectivity index (χ3n) is 1.56. The van der Waals surface area contributed by atoms with Gasteiger partial charge in [0.2, 0.25) is 5.75 Å².